The number of benzene rings is 4. The van der Waals surface area contributed by atoms with Crippen LogP contribution in [0.4, 0.5) is 23.7 Å². The van der Waals surface area contributed by atoms with Gasteiger partial charge in [0.15, 0.2) is 0 Å². The highest BCUT2D eigenvalue weighted by molar-refractivity contribution is 7.92. The summed E-state index contributed by atoms with van der Waals surface area (Å²) in [4.78, 5) is 33.5. The highest BCUT2D eigenvalue weighted by Gasteiger charge is 2.41. The van der Waals surface area contributed by atoms with Gasteiger partial charge >= 0.3 is 18.2 Å². The standard InChI is InChI=1S/C48H53F3N4O7S/c1-31-52-42-27-39(26-41(44(42)53(31)5)34-15-11-25-55(28-34)46(57)62-47(2,3)4)63(58,59)54(6)37-21-17-33(18-22-37)40-16-10-14-35(30-60-38-23-19-36(20-24-38)48(49,50)51)43(40)45(56)61-29-32-12-8-7-9-13-32/h7-9,12-13,15,17-24,26-27,35,40,43H,10-11,14,16,25,28-30H2,1-6H3/t35-,40+,43-/m1/s1. The second-order valence-corrected chi connectivity index (χ2v) is 19.3. The van der Waals surface area contributed by atoms with E-state index in [4.69, 9.17) is 19.2 Å². The van der Waals surface area contributed by atoms with Crippen molar-refractivity contribution in [2.45, 2.75) is 82.6 Å². The molecule has 0 unspecified atom stereocenters. The molecule has 7 rings (SSSR count). The molecule has 1 amide bonds. The monoisotopic (exact) mass is 886 g/mol. The molecule has 11 nitrogen and oxygen atoms in total. The summed E-state index contributed by atoms with van der Waals surface area (Å²) in [5, 5.41) is 0. The number of esters is 1. The first-order valence-corrected chi connectivity index (χ1v) is 22.5. The molecule has 1 aromatic heterocycles. The Morgan fingerprint density at radius 3 is 2.30 bits per heavy atom. The fourth-order valence-corrected chi connectivity index (χ4v) is 9.70. The van der Waals surface area contributed by atoms with Crippen LogP contribution in [0.3, 0.4) is 0 Å². The Hall–Kier alpha value is -5.83. The summed E-state index contributed by atoms with van der Waals surface area (Å²) >= 11 is 0. The van der Waals surface area contributed by atoms with Crippen LogP contribution in [0.5, 0.6) is 5.75 Å². The largest absolute Gasteiger partial charge is 0.493 e. The van der Waals surface area contributed by atoms with E-state index in [2.05, 4.69) is 0 Å². The fourth-order valence-electron chi connectivity index (χ4n) is 8.46. The summed E-state index contributed by atoms with van der Waals surface area (Å²) in [5.74, 6) is -0.711. The number of hydrogen-bond acceptors (Lipinski definition) is 8. The zero-order valence-corrected chi connectivity index (χ0v) is 37.1. The van der Waals surface area contributed by atoms with E-state index in [1.54, 1.807) is 29.2 Å². The molecule has 0 bridgehead atoms. The van der Waals surface area contributed by atoms with E-state index in [1.165, 1.54) is 23.5 Å². The first kappa shape index (κ1) is 45.2. The van der Waals surface area contributed by atoms with Gasteiger partial charge < -0.3 is 23.7 Å². The van der Waals surface area contributed by atoms with Crippen molar-refractivity contribution in [1.29, 1.82) is 0 Å². The lowest BCUT2D eigenvalue weighted by atomic mass is 9.69. The third-order valence-electron chi connectivity index (χ3n) is 11.8. The molecule has 0 spiro atoms. The Morgan fingerprint density at radius 1 is 0.937 bits per heavy atom. The maximum absolute atomic E-state index is 14.5. The van der Waals surface area contributed by atoms with Crippen LogP contribution in [0, 0.1) is 18.8 Å². The van der Waals surface area contributed by atoms with Gasteiger partial charge in [0.25, 0.3) is 10.0 Å². The topological polar surface area (TPSA) is 120 Å². The molecule has 63 heavy (non-hydrogen) atoms. The normalized spacial score (nSPS) is 18.5. The third kappa shape index (κ3) is 10.2. The summed E-state index contributed by atoms with van der Waals surface area (Å²) in [6.45, 7) is 8.15. The Morgan fingerprint density at radius 2 is 1.63 bits per heavy atom. The maximum atomic E-state index is 14.5. The minimum absolute atomic E-state index is 0.0364. The average Bonchev–Trinajstić information content (AvgIpc) is 3.55. The van der Waals surface area contributed by atoms with Gasteiger partial charge in [-0.2, -0.15) is 13.2 Å². The van der Waals surface area contributed by atoms with Crippen molar-refractivity contribution < 1.29 is 45.4 Å². The molecule has 0 N–H and O–H groups in total. The lowest BCUT2D eigenvalue weighted by molar-refractivity contribution is -0.155. The van der Waals surface area contributed by atoms with Crippen LogP contribution in [0.2, 0.25) is 0 Å². The molecule has 3 atom stereocenters. The molecule has 0 radical (unpaired) electrons. The summed E-state index contributed by atoms with van der Waals surface area (Å²) in [6, 6.07) is 24.1. The number of imidazole rings is 1. The van der Waals surface area contributed by atoms with Gasteiger partial charge in [-0.15, -0.1) is 0 Å². The van der Waals surface area contributed by atoms with Crippen LogP contribution < -0.4 is 9.04 Å². The minimum Gasteiger partial charge on any atom is -0.493 e. The number of aryl methyl sites for hydroxylation is 2. The van der Waals surface area contributed by atoms with E-state index in [-0.39, 0.29) is 42.2 Å². The number of ether oxygens (including phenoxy) is 3. The van der Waals surface area contributed by atoms with E-state index in [9.17, 15) is 31.2 Å². The van der Waals surface area contributed by atoms with Gasteiger partial charge in [-0.05, 0) is 118 Å². The summed E-state index contributed by atoms with van der Waals surface area (Å²) in [7, 11) is -0.791. The molecule has 1 fully saturated rings. The van der Waals surface area contributed by atoms with E-state index < -0.39 is 45.3 Å². The Balaban J connectivity index is 1.14. The summed E-state index contributed by atoms with van der Waals surface area (Å²) < 4.78 is 89.3. The number of rotatable bonds is 11. The number of aromatic nitrogens is 2. The molecule has 1 aliphatic carbocycles. The molecule has 334 valence electrons. The van der Waals surface area contributed by atoms with Crippen LogP contribution in [0.25, 0.3) is 16.6 Å². The number of alkyl halides is 3. The zero-order chi connectivity index (χ0) is 45.3. The Bertz CT molecular complexity index is 2590. The van der Waals surface area contributed by atoms with Crippen LogP contribution in [0.1, 0.15) is 80.5 Å². The van der Waals surface area contributed by atoms with Gasteiger partial charge in [0.2, 0.25) is 0 Å². The lowest BCUT2D eigenvalue weighted by Gasteiger charge is -2.37. The van der Waals surface area contributed by atoms with Crippen molar-refractivity contribution >= 4 is 44.4 Å². The van der Waals surface area contributed by atoms with Crippen molar-refractivity contribution in [3.8, 4) is 5.75 Å². The first-order chi connectivity index (χ1) is 29.8. The van der Waals surface area contributed by atoms with Crippen molar-refractivity contribution in [3.05, 3.63) is 125 Å². The number of carbonyl (C=O) groups excluding carboxylic acids is 2. The number of halogens is 3. The number of sulfonamides is 1. The molecule has 4 aromatic carbocycles. The van der Waals surface area contributed by atoms with Crippen molar-refractivity contribution in [2.75, 3.05) is 31.0 Å². The second kappa shape index (κ2) is 18.1. The Labute approximate surface area is 366 Å². The van der Waals surface area contributed by atoms with Gasteiger partial charge in [-0.1, -0.05) is 55.0 Å². The molecule has 1 aliphatic heterocycles. The number of nitrogens with zero attached hydrogens (tertiary/aromatic N) is 4. The highest BCUT2D eigenvalue weighted by atomic mass is 32.2. The Kier molecular flexibility index (Phi) is 13.0. The molecule has 2 aliphatic rings. The fraction of sp³-hybridized carbons (Fsp3) is 0.396. The summed E-state index contributed by atoms with van der Waals surface area (Å²) in [6.07, 6.45) is -0.276. The number of hydrogen-bond donors (Lipinski definition) is 0. The van der Waals surface area contributed by atoms with E-state index in [0.29, 0.717) is 48.4 Å². The SMILES string of the molecule is Cc1nc2cc(S(=O)(=O)N(C)c3ccc([C@@H]4CCC[C@H](COc5ccc(C(F)(F)F)cc5)[C@H]4C(=O)OCc4ccccc4)cc3)cc(C3=CCCN(C(=O)OC(C)(C)C)C3)c2n1C. The molecular weight excluding hydrogens is 834 g/mol. The van der Waals surface area contributed by atoms with Gasteiger partial charge in [-0.25, -0.2) is 18.2 Å². The van der Waals surface area contributed by atoms with Gasteiger partial charge in [0.05, 0.1) is 39.7 Å². The lowest BCUT2D eigenvalue weighted by Crippen LogP contribution is -2.39. The number of carbonyl (C=O) groups is 2. The van der Waals surface area contributed by atoms with Gasteiger partial charge in [-0.3, -0.25) is 9.10 Å². The van der Waals surface area contributed by atoms with Crippen LogP contribution in [-0.4, -0.2) is 67.3 Å². The maximum Gasteiger partial charge on any atom is 0.416 e. The molecule has 15 heteroatoms. The van der Waals surface area contributed by atoms with Crippen molar-refractivity contribution in [1.82, 2.24) is 14.5 Å². The molecule has 0 saturated heterocycles. The quantitative estimate of drug-likeness (QED) is 0.120. The second-order valence-electron chi connectivity index (χ2n) is 17.3. The van der Waals surface area contributed by atoms with Crippen LogP contribution >= 0.6 is 0 Å². The number of anilines is 1. The first-order valence-electron chi connectivity index (χ1n) is 21.0. The smallest absolute Gasteiger partial charge is 0.416 e. The van der Waals surface area contributed by atoms with E-state index >= 15 is 0 Å². The van der Waals surface area contributed by atoms with E-state index in [0.717, 1.165) is 40.8 Å². The average molecular weight is 887 g/mol. The highest BCUT2D eigenvalue weighted by Crippen LogP contribution is 2.44. The van der Waals surface area contributed by atoms with Gasteiger partial charge in [0, 0.05) is 38.7 Å². The number of fused-ring (bicyclic) bond motifs is 1. The third-order valence-corrected chi connectivity index (χ3v) is 13.6. The van der Waals surface area contributed by atoms with Crippen LogP contribution in [-0.2, 0) is 44.1 Å². The molecule has 1 saturated carbocycles. The van der Waals surface area contributed by atoms with E-state index in [1.807, 2.05) is 87.9 Å². The predicted molar refractivity (Wildman–Crippen MR) is 235 cm³/mol. The van der Waals surface area contributed by atoms with Crippen molar-refractivity contribution in [3.63, 3.8) is 0 Å². The zero-order valence-electron chi connectivity index (χ0n) is 36.3. The minimum atomic E-state index is -4.48. The molecule has 5 aromatic rings. The number of amides is 1. The molecule has 2 heterocycles. The molecular formula is C48H53F3N4O7S. The van der Waals surface area contributed by atoms with Gasteiger partial charge in [0.1, 0.15) is 23.8 Å². The van der Waals surface area contributed by atoms with Crippen LogP contribution in [0.15, 0.2) is 102 Å². The van der Waals surface area contributed by atoms with Crippen molar-refractivity contribution in [2.24, 2.45) is 18.9 Å². The predicted octanol–water partition coefficient (Wildman–Crippen LogP) is 10.1. The summed E-state index contributed by atoms with van der Waals surface area (Å²) in [5.41, 5.74) is 3.29.